The van der Waals surface area contributed by atoms with Crippen molar-refractivity contribution in [2.75, 3.05) is 37.3 Å². The number of ketones is 1. The number of sulfone groups is 1. The lowest BCUT2D eigenvalue weighted by atomic mass is 10.1. The summed E-state index contributed by atoms with van der Waals surface area (Å²) in [5, 5.41) is 0.512. The zero-order valence-electron chi connectivity index (χ0n) is 18.7. The van der Waals surface area contributed by atoms with Gasteiger partial charge >= 0.3 is 0 Å². The van der Waals surface area contributed by atoms with Gasteiger partial charge in [-0.05, 0) is 50.3 Å². The summed E-state index contributed by atoms with van der Waals surface area (Å²) in [6.07, 6.45) is 1.17. The van der Waals surface area contributed by atoms with E-state index in [2.05, 4.69) is 23.7 Å². The first-order chi connectivity index (χ1) is 15.1. The summed E-state index contributed by atoms with van der Waals surface area (Å²) >= 11 is 1.29. The Hall–Kier alpha value is -2.62. The molecule has 0 spiro atoms. The van der Waals surface area contributed by atoms with E-state index in [-0.39, 0.29) is 16.6 Å². The number of carbonyl (C=O) groups excluding carboxylic acids is 2. The lowest BCUT2D eigenvalue weighted by Gasteiger charge is -2.24. The standard InChI is InChI=1S/C23H27N3O4S2/c1-5-25(6-2)13-14-26(22(28)18-9-7-17(8-10-18)16(3)27)23-24-20-12-11-19(32(4,29)30)15-21(20)31-23/h7-12,15H,5-6,13-14H2,1-4H3. The van der Waals surface area contributed by atoms with Crippen molar-refractivity contribution in [1.29, 1.82) is 0 Å². The van der Waals surface area contributed by atoms with E-state index < -0.39 is 9.84 Å². The van der Waals surface area contributed by atoms with Crippen LogP contribution in [-0.4, -0.2) is 62.4 Å². The van der Waals surface area contributed by atoms with Crippen LogP contribution >= 0.6 is 11.3 Å². The van der Waals surface area contributed by atoms with Gasteiger partial charge in [-0.3, -0.25) is 14.5 Å². The van der Waals surface area contributed by atoms with E-state index in [0.717, 1.165) is 13.1 Å². The molecular weight excluding hydrogens is 446 g/mol. The van der Waals surface area contributed by atoms with Crippen LogP contribution in [0.4, 0.5) is 5.13 Å². The maximum absolute atomic E-state index is 13.4. The summed E-state index contributed by atoms with van der Waals surface area (Å²) in [5.74, 6) is -0.273. The van der Waals surface area contributed by atoms with E-state index in [0.29, 0.717) is 39.6 Å². The van der Waals surface area contributed by atoms with Crippen LogP contribution in [0.15, 0.2) is 47.4 Å². The van der Waals surface area contributed by atoms with Crippen molar-refractivity contribution in [3.8, 4) is 0 Å². The molecule has 0 radical (unpaired) electrons. The molecule has 2 aromatic carbocycles. The zero-order valence-corrected chi connectivity index (χ0v) is 20.3. The minimum absolute atomic E-state index is 0.0600. The number of thiazole rings is 1. The first kappa shape index (κ1) is 24.0. The maximum Gasteiger partial charge on any atom is 0.260 e. The maximum atomic E-state index is 13.4. The first-order valence-electron chi connectivity index (χ1n) is 10.4. The van der Waals surface area contributed by atoms with Crippen LogP contribution in [0.25, 0.3) is 10.2 Å². The molecule has 0 aliphatic carbocycles. The van der Waals surface area contributed by atoms with Gasteiger partial charge in [0.25, 0.3) is 5.91 Å². The highest BCUT2D eigenvalue weighted by atomic mass is 32.2. The molecule has 0 saturated carbocycles. The van der Waals surface area contributed by atoms with Crippen LogP contribution in [0.3, 0.4) is 0 Å². The fourth-order valence-corrected chi connectivity index (χ4v) is 5.06. The molecule has 0 aliphatic heterocycles. The van der Waals surface area contributed by atoms with Gasteiger partial charge in [0, 0.05) is 30.5 Å². The fourth-order valence-electron chi connectivity index (χ4n) is 3.31. The molecule has 0 fully saturated rings. The number of rotatable bonds is 9. The number of Topliss-reactive ketones (excluding diaryl/α,β-unsaturated/α-hetero) is 1. The Morgan fingerprint density at radius 3 is 2.16 bits per heavy atom. The normalized spacial score (nSPS) is 11.8. The number of fused-ring (bicyclic) bond motifs is 1. The lowest BCUT2D eigenvalue weighted by molar-refractivity contribution is 0.0980. The van der Waals surface area contributed by atoms with Crippen LogP contribution in [0, 0.1) is 0 Å². The van der Waals surface area contributed by atoms with Crippen LogP contribution in [0.2, 0.25) is 0 Å². The number of hydrogen-bond acceptors (Lipinski definition) is 7. The van der Waals surface area contributed by atoms with Crippen molar-refractivity contribution in [2.24, 2.45) is 0 Å². The highest BCUT2D eigenvalue weighted by Gasteiger charge is 2.22. The molecule has 3 aromatic rings. The third-order valence-electron chi connectivity index (χ3n) is 5.33. The van der Waals surface area contributed by atoms with Crippen molar-refractivity contribution in [3.63, 3.8) is 0 Å². The van der Waals surface area contributed by atoms with E-state index in [9.17, 15) is 18.0 Å². The molecule has 1 aromatic heterocycles. The molecule has 0 atom stereocenters. The van der Waals surface area contributed by atoms with Gasteiger partial charge in [0.1, 0.15) is 0 Å². The largest absolute Gasteiger partial charge is 0.302 e. The Morgan fingerprint density at radius 2 is 1.59 bits per heavy atom. The van der Waals surface area contributed by atoms with Gasteiger partial charge in [-0.15, -0.1) is 0 Å². The van der Waals surface area contributed by atoms with E-state index in [1.807, 2.05) is 0 Å². The predicted molar refractivity (Wildman–Crippen MR) is 129 cm³/mol. The molecule has 0 saturated heterocycles. The number of hydrogen-bond donors (Lipinski definition) is 0. The first-order valence-corrected chi connectivity index (χ1v) is 13.1. The Bertz CT molecular complexity index is 1230. The third kappa shape index (κ3) is 5.40. The highest BCUT2D eigenvalue weighted by Crippen LogP contribution is 2.31. The number of anilines is 1. The second kappa shape index (κ2) is 9.89. The zero-order chi connectivity index (χ0) is 23.5. The summed E-state index contributed by atoms with van der Waals surface area (Å²) in [7, 11) is -3.34. The van der Waals surface area contributed by atoms with Crippen molar-refractivity contribution in [3.05, 3.63) is 53.6 Å². The summed E-state index contributed by atoms with van der Waals surface area (Å²) in [6.45, 7) is 8.47. The van der Waals surface area contributed by atoms with Crippen LogP contribution in [0.1, 0.15) is 41.5 Å². The number of benzene rings is 2. The van der Waals surface area contributed by atoms with E-state index in [4.69, 9.17) is 0 Å². The lowest BCUT2D eigenvalue weighted by Crippen LogP contribution is -2.38. The number of nitrogens with zero attached hydrogens (tertiary/aromatic N) is 3. The molecule has 7 nitrogen and oxygen atoms in total. The van der Waals surface area contributed by atoms with Gasteiger partial charge in [-0.2, -0.15) is 0 Å². The molecule has 0 aliphatic rings. The molecule has 0 bridgehead atoms. The Balaban J connectivity index is 1.99. The second-order valence-corrected chi connectivity index (χ2v) is 10.5. The highest BCUT2D eigenvalue weighted by molar-refractivity contribution is 7.90. The smallest absolute Gasteiger partial charge is 0.260 e. The molecular formula is C23H27N3O4S2. The average Bonchev–Trinajstić information content (AvgIpc) is 3.19. The Morgan fingerprint density at radius 1 is 0.969 bits per heavy atom. The van der Waals surface area contributed by atoms with E-state index in [1.165, 1.54) is 30.6 Å². The molecule has 32 heavy (non-hydrogen) atoms. The molecule has 1 heterocycles. The van der Waals surface area contributed by atoms with Crippen LogP contribution in [-0.2, 0) is 9.84 Å². The molecule has 3 rings (SSSR count). The summed E-state index contributed by atoms with van der Waals surface area (Å²) in [5.41, 5.74) is 1.65. The molecule has 9 heteroatoms. The molecule has 0 unspecified atom stereocenters. The average molecular weight is 474 g/mol. The van der Waals surface area contributed by atoms with Crippen molar-refractivity contribution in [2.45, 2.75) is 25.7 Å². The van der Waals surface area contributed by atoms with Crippen LogP contribution < -0.4 is 4.90 Å². The summed E-state index contributed by atoms with van der Waals surface area (Å²) in [4.78, 5) is 33.7. The van der Waals surface area contributed by atoms with Gasteiger partial charge in [0.2, 0.25) is 0 Å². The summed E-state index contributed by atoms with van der Waals surface area (Å²) < 4.78 is 24.5. The van der Waals surface area contributed by atoms with Gasteiger partial charge < -0.3 is 4.90 Å². The predicted octanol–water partition coefficient (Wildman–Crippen LogP) is 3.89. The number of aromatic nitrogens is 1. The quantitative estimate of drug-likeness (QED) is 0.438. The molecule has 0 N–H and O–H groups in total. The van der Waals surface area contributed by atoms with E-state index in [1.54, 1.807) is 41.3 Å². The van der Waals surface area contributed by atoms with Gasteiger partial charge in [-0.1, -0.05) is 37.3 Å². The molecule has 170 valence electrons. The van der Waals surface area contributed by atoms with Crippen molar-refractivity contribution in [1.82, 2.24) is 9.88 Å². The Labute approximate surface area is 192 Å². The fraction of sp³-hybridized carbons (Fsp3) is 0.348. The Kier molecular flexibility index (Phi) is 7.43. The second-order valence-electron chi connectivity index (χ2n) is 7.52. The summed E-state index contributed by atoms with van der Waals surface area (Å²) in [6, 6.07) is 11.4. The van der Waals surface area contributed by atoms with Gasteiger partial charge in [0.05, 0.1) is 15.1 Å². The monoisotopic (exact) mass is 473 g/mol. The number of amides is 1. The van der Waals surface area contributed by atoms with Crippen LogP contribution in [0.5, 0.6) is 0 Å². The third-order valence-corrected chi connectivity index (χ3v) is 7.48. The minimum atomic E-state index is -3.34. The van der Waals surface area contributed by atoms with E-state index >= 15 is 0 Å². The number of likely N-dealkylation sites (N-methyl/N-ethyl adjacent to an activating group) is 1. The minimum Gasteiger partial charge on any atom is -0.302 e. The SMILES string of the molecule is CCN(CC)CCN(C(=O)c1ccc(C(C)=O)cc1)c1nc2ccc(S(C)(=O)=O)cc2s1. The van der Waals surface area contributed by atoms with Gasteiger partial charge in [-0.25, -0.2) is 13.4 Å². The molecule has 1 amide bonds. The van der Waals surface area contributed by atoms with Gasteiger partial charge in [0.15, 0.2) is 20.8 Å². The number of carbonyl (C=O) groups is 2. The van der Waals surface area contributed by atoms with Crippen molar-refractivity contribution >= 4 is 48.2 Å². The van der Waals surface area contributed by atoms with Crippen molar-refractivity contribution < 1.29 is 18.0 Å². The topological polar surface area (TPSA) is 87.7 Å².